The fourth-order valence-electron chi connectivity index (χ4n) is 1.84. The number of nitrogens with one attached hydrogen (secondary N) is 1. The molecule has 0 saturated heterocycles. The molecule has 0 bridgehead atoms. The molecule has 1 N–H and O–H groups in total. The predicted molar refractivity (Wildman–Crippen MR) is 79.9 cm³/mol. The largest absolute Gasteiger partial charge is 0.316 e. The van der Waals surface area contributed by atoms with Crippen LogP contribution in [0, 0.1) is 11.3 Å². The normalized spacial score (nSPS) is 10.1. The van der Waals surface area contributed by atoms with Crippen LogP contribution < -0.4 is 5.32 Å². The number of nitrogens with zero attached hydrogens (tertiary/aromatic N) is 1. The highest BCUT2D eigenvalue weighted by Crippen LogP contribution is 2.26. The lowest BCUT2D eigenvalue weighted by molar-refractivity contribution is 0.816. The van der Waals surface area contributed by atoms with Crippen molar-refractivity contribution in [3.63, 3.8) is 0 Å². The van der Waals surface area contributed by atoms with Crippen LogP contribution in [0.15, 0.2) is 53.4 Å². The number of thioether (sulfide) groups is 1. The summed E-state index contributed by atoms with van der Waals surface area (Å²) in [5, 5.41) is 12.3. The standard InChI is InChI=1S/C16H16N2S/c1-18-11-14-7-8-16(15(9-14)10-17)19-12-13-5-3-2-4-6-13/h2-9,18H,11-12H2,1H3. The Morgan fingerprint density at radius 1 is 1.11 bits per heavy atom. The number of hydrogen-bond donors (Lipinski definition) is 1. The summed E-state index contributed by atoms with van der Waals surface area (Å²) >= 11 is 1.71. The van der Waals surface area contributed by atoms with Crippen LogP contribution >= 0.6 is 11.8 Å². The van der Waals surface area contributed by atoms with Crippen molar-refractivity contribution in [1.82, 2.24) is 5.32 Å². The van der Waals surface area contributed by atoms with Gasteiger partial charge in [0, 0.05) is 17.2 Å². The maximum atomic E-state index is 9.22. The van der Waals surface area contributed by atoms with Gasteiger partial charge >= 0.3 is 0 Å². The summed E-state index contributed by atoms with van der Waals surface area (Å²) in [6, 6.07) is 18.7. The van der Waals surface area contributed by atoms with Gasteiger partial charge in [-0.1, -0.05) is 36.4 Å². The van der Waals surface area contributed by atoms with E-state index in [0.29, 0.717) is 0 Å². The fourth-order valence-corrected chi connectivity index (χ4v) is 2.78. The third-order valence-electron chi connectivity index (χ3n) is 2.78. The molecule has 2 nitrogen and oxygen atoms in total. The van der Waals surface area contributed by atoms with Crippen LogP contribution in [0.2, 0.25) is 0 Å². The molecule has 2 aromatic rings. The van der Waals surface area contributed by atoms with E-state index in [1.807, 2.05) is 37.4 Å². The molecular weight excluding hydrogens is 252 g/mol. The smallest absolute Gasteiger partial charge is 0.100 e. The van der Waals surface area contributed by atoms with E-state index >= 15 is 0 Å². The molecule has 0 amide bonds. The van der Waals surface area contributed by atoms with Crippen molar-refractivity contribution in [2.75, 3.05) is 7.05 Å². The van der Waals surface area contributed by atoms with Gasteiger partial charge < -0.3 is 5.32 Å². The Labute approximate surface area is 118 Å². The molecule has 0 spiro atoms. The van der Waals surface area contributed by atoms with Gasteiger partial charge in [0.15, 0.2) is 0 Å². The maximum absolute atomic E-state index is 9.22. The minimum atomic E-state index is 0.758. The summed E-state index contributed by atoms with van der Waals surface area (Å²) in [5.74, 6) is 0.890. The van der Waals surface area contributed by atoms with Gasteiger partial charge in [-0.25, -0.2) is 0 Å². The number of nitriles is 1. The van der Waals surface area contributed by atoms with Crippen molar-refractivity contribution in [2.45, 2.75) is 17.2 Å². The first-order valence-corrected chi connectivity index (χ1v) is 7.16. The third-order valence-corrected chi connectivity index (χ3v) is 3.93. The third kappa shape index (κ3) is 3.85. The van der Waals surface area contributed by atoms with E-state index in [0.717, 1.165) is 28.3 Å². The molecule has 0 aliphatic heterocycles. The Hall–Kier alpha value is -1.76. The Morgan fingerprint density at radius 3 is 2.58 bits per heavy atom. The highest BCUT2D eigenvalue weighted by molar-refractivity contribution is 7.98. The number of benzene rings is 2. The second-order valence-corrected chi connectivity index (χ2v) is 5.26. The van der Waals surface area contributed by atoms with E-state index < -0.39 is 0 Å². The van der Waals surface area contributed by atoms with E-state index in [-0.39, 0.29) is 0 Å². The fraction of sp³-hybridized carbons (Fsp3) is 0.188. The number of rotatable bonds is 5. The van der Waals surface area contributed by atoms with Crippen LogP contribution in [0.3, 0.4) is 0 Å². The molecule has 0 saturated carbocycles. The summed E-state index contributed by atoms with van der Waals surface area (Å²) in [4.78, 5) is 1.05. The van der Waals surface area contributed by atoms with Crippen molar-refractivity contribution < 1.29 is 0 Å². The van der Waals surface area contributed by atoms with Crippen molar-refractivity contribution in [1.29, 1.82) is 5.26 Å². The van der Waals surface area contributed by atoms with Gasteiger partial charge in [-0.05, 0) is 30.3 Å². The monoisotopic (exact) mass is 268 g/mol. The second-order valence-electron chi connectivity index (χ2n) is 4.25. The topological polar surface area (TPSA) is 35.8 Å². The molecule has 0 aromatic heterocycles. The second kappa shape index (κ2) is 6.98. The molecule has 0 aliphatic carbocycles. The Balaban J connectivity index is 2.10. The molecular formula is C16H16N2S. The molecule has 0 aliphatic rings. The van der Waals surface area contributed by atoms with Crippen molar-refractivity contribution >= 4 is 11.8 Å². The lowest BCUT2D eigenvalue weighted by Gasteiger charge is -2.07. The molecule has 2 rings (SSSR count). The molecule has 2 aromatic carbocycles. The van der Waals surface area contributed by atoms with Crippen LogP contribution in [0.1, 0.15) is 16.7 Å². The van der Waals surface area contributed by atoms with E-state index in [2.05, 4.69) is 29.6 Å². The van der Waals surface area contributed by atoms with Crippen molar-refractivity contribution in [3.8, 4) is 6.07 Å². The van der Waals surface area contributed by atoms with E-state index in [9.17, 15) is 5.26 Å². The zero-order chi connectivity index (χ0) is 13.5. The minimum absolute atomic E-state index is 0.758. The Morgan fingerprint density at radius 2 is 1.89 bits per heavy atom. The minimum Gasteiger partial charge on any atom is -0.316 e. The zero-order valence-corrected chi connectivity index (χ0v) is 11.7. The highest BCUT2D eigenvalue weighted by atomic mass is 32.2. The average molecular weight is 268 g/mol. The molecule has 3 heteroatoms. The Kier molecular flexibility index (Phi) is 5.02. The van der Waals surface area contributed by atoms with Crippen molar-refractivity contribution in [3.05, 3.63) is 65.2 Å². The molecule has 96 valence electrons. The zero-order valence-electron chi connectivity index (χ0n) is 10.9. The van der Waals surface area contributed by atoms with E-state index in [4.69, 9.17) is 0 Å². The van der Waals surface area contributed by atoms with E-state index in [1.165, 1.54) is 5.56 Å². The molecule has 0 fully saturated rings. The lowest BCUT2D eigenvalue weighted by atomic mass is 10.1. The Bertz CT molecular complexity index is 573. The van der Waals surface area contributed by atoms with Gasteiger partial charge in [0.25, 0.3) is 0 Å². The summed E-state index contributed by atoms with van der Waals surface area (Å²) in [5.41, 5.74) is 3.17. The summed E-state index contributed by atoms with van der Waals surface area (Å²) < 4.78 is 0. The van der Waals surface area contributed by atoms with Crippen LogP contribution in [0.4, 0.5) is 0 Å². The molecule has 0 unspecified atom stereocenters. The predicted octanol–water partition coefficient (Wildman–Crippen LogP) is 3.57. The molecule has 0 atom stereocenters. The van der Waals surface area contributed by atoms with Crippen LogP contribution in [0.5, 0.6) is 0 Å². The van der Waals surface area contributed by atoms with Crippen LogP contribution in [0.25, 0.3) is 0 Å². The van der Waals surface area contributed by atoms with Gasteiger partial charge in [0.1, 0.15) is 6.07 Å². The first kappa shape index (κ1) is 13.7. The number of hydrogen-bond acceptors (Lipinski definition) is 3. The van der Waals surface area contributed by atoms with Gasteiger partial charge in [-0.2, -0.15) is 5.26 Å². The lowest BCUT2D eigenvalue weighted by Crippen LogP contribution is -2.05. The summed E-state index contributed by atoms with van der Waals surface area (Å²) in [7, 11) is 1.91. The van der Waals surface area contributed by atoms with E-state index in [1.54, 1.807) is 11.8 Å². The summed E-state index contributed by atoms with van der Waals surface area (Å²) in [6.45, 7) is 0.790. The van der Waals surface area contributed by atoms with Gasteiger partial charge in [0.05, 0.1) is 5.56 Å². The van der Waals surface area contributed by atoms with Gasteiger partial charge in [-0.15, -0.1) is 11.8 Å². The quantitative estimate of drug-likeness (QED) is 0.842. The highest BCUT2D eigenvalue weighted by Gasteiger charge is 2.04. The average Bonchev–Trinajstić information content (AvgIpc) is 2.47. The van der Waals surface area contributed by atoms with Crippen LogP contribution in [-0.4, -0.2) is 7.05 Å². The maximum Gasteiger partial charge on any atom is 0.100 e. The first-order valence-electron chi connectivity index (χ1n) is 6.18. The molecule has 19 heavy (non-hydrogen) atoms. The first-order chi connectivity index (χ1) is 9.33. The van der Waals surface area contributed by atoms with Crippen molar-refractivity contribution in [2.24, 2.45) is 0 Å². The molecule has 0 radical (unpaired) electrons. The molecule has 0 heterocycles. The van der Waals surface area contributed by atoms with Gasteiger partial charge in [0.2, 0.25) is 0 Å². The SMILES string of the molecule is CNCc1ccc(SCc2ccccc2)c(C#N)c1. The van der Waals surface area contributed by atoms with Crippen LogP contribution in [-0.2, 0) is 12.3 Å². The summed E-state index contributed by atoms with van der Waals surface area (Å²) in [6.07, 6.45) is 0. The van der Waals surface area contributed by atoms with Gasteiger partial charge in [-0.3, -0.25) is 0 Å².